The van der Waals surface area contributed by atoms with E-state index in [1.807, 2.05) is 0 Å². The summed E-state index contributed by atoms with van der Waals surface area (Å²) < 4.78 is 14.9. The predicted octanol–water partition coefficient (Wildman–Crippen LogP) is 1.24. The summed E-state index contributed by atoms with van der Waals surface area (Å²) in [5, 5.41) is 9.05. The first kappa shape index (κ1) is 14.7. The summed E-state index contributed by atoms with van der Waals surface area (Å²) in [5.41, 5.74) is 0.671. The number of halogens is 1. The summed E-state index contributed by atoms with van der Waals surface area (Å²) in [6, 6.07) is 7.29. The van der Waals surface area contributed by atoms with Gasteiger partial charge in [0.2, 0.25) is 5.91 Å². The Morgan fingerprint density at radius 2 is 2.05 bits per heavy atom. The SMILES string of the molecule is Cc1cc(NC(=O)CNC(=O)c2ccccc2F)n(C)n1. The van der Waals surface area contributed by atoms with Gasteiger partial charge in [0, 0.05) is 13.1 Å². The maximum Gasteiger partial charge on any atom is 0.254 e. The molecule has 0 unspecified atom stereocenters. The second kappa shape index (κ2) is 6.17. The first-order chi connectivity index (χ1) is 9.97. The molecule has 0 saturated heterocycles. The fourth-order valence-corrected chi connectivity index (χ4v) is 1.82. The van der Waals surface area contributed by atoms with Crippen molar-refractivity contribution in [3.8, 4) is 0 Å². The molecule has 2 aromatic rings. The van der Waals surface area contributed by atoms with Crippen molar-refractivity contribution in [1.82, 2.24) is 15.1 Å². The molecule has 1 heterocycles. The van der Waals surface area contributed by atoms with Crippen molar-refractivity contribution >= 4 is 17.6 Å². The minimum Gasteiger partial charge on any atom is -0.343 e. The van der Waals surface area contributed by atoms with Gasteiger partial charge in [0.15, 0.2) is 0 Å². The molecule has 0 atom stereocenters. The number of rotatable bonds is 4. The Bertz CT molecular complexity index is 681. The monoisotopic (exact) mass is 290 g/mol. The van der Waals surface area contributed by atoms with Crippen LogP contribution in [-0.2, 0) is 11.8 Å². The standard InChI is InChI=1S/C14H15FN4O2/c1-9-7-12(19(2)18-9)17-13(20)8-16-14(21)10-5-3-4-6-11(10)15/h3-7H,8H2,1-2H3,(H,16,21)(H,17,20). The van der Waals surface area contributed by atoms with Crippen molar-refractivity contribution in [2.45, 2.75) is 6.92 Å². The van der Waals surface area contributed by atoms with Crippen LogP contribution in [0.3, 0.4) is 0 Å². The maximum absolute atomic E-state index is 13.4. The number of hydrogen-bond donors (Lipinski definition) is 2. The van der Waals surface area contributed by atoms with Gasteiger partial charge in [0.05, 0.1) is 17.8 Å². The van der Waals surface area contributed by atoms with E-state index in [9.17, 15) is 14.0 Å². The van der Waals surface area contributed by atoms with Gasteiger partial charge in [0.1, 0.15) is 11.6 Å². The summed E-state index contributed by atoms with van der Waals surface area (Å²) in [6.07, 6.45) is 0. The van der Waals surface area contributed by atoms with Crippen LogP contribution >= 0.6 is 0 Å². The largest absolute Gasteiger partial charge is 0.343 e. The molecule has 21 heavy (non-hydrogen) atoms. The van der Waals surface area contributed by atoms with E-state index >= 15 is 0 Å². The lowest BCUT2D eigenvalue weighted by Gasteiger charge is -2.07. The third-order valence-corrected chi connectivity index (χ3v) is 2.80. The summed E-state index contributed by atoms with van der Waals surface area (Å²) in [6.45, 7) is 1.55. The molecule has 0 bridgehead atoms. The summed E-state index contributed by atoms with van der Waals surface area (Å²) >= 11 is 0. The van der Waals surface area contributed by atoms with E-state index in [1.54, 1.807) is 26.1 Å². The molecule has 1 aromatic heterocycles. The van der Waals surface area contributed by atoms with E-state index in [1.165, 1.54) is 22.9 Å². The number of benzene rings is 1. The highest BCUT2D eigenvalue weighted by atomic mass is 19.1. The summed E-state index contributed by atoms with van der Waals surface area (Å²) in [5.74, 6) is -1.15. The number of hydrogen-bond acceptors (Lipinski definition) is 3. The van der Waals surface area contributed by atoms with E-state index in [4.69, 9.17) is 0 Å². The van der Waals surface area contributed by atoms with Gasteiger partial charge in [-0.1, -0.05) is 12.1 Å². The lowest BCUT2D eigenvalue weighted by molar-refractivity contribution is -0.115. The first-order valence-electron chi connectivity index (χ1n) is 6.30. The second-order valence-corrected chi connectivity index (χ2v) is 4.51. The van der Waals surface area contributed by atoms with Gasteiger partial charge in [0.25, 0.3) is 5.91 Å². The normalized spacial score (nSPS) is 10.2. The second-order valence-electron chi connectivity index (χ2n) is 4.51. The molecule has 110 valence electrons. The number of anilines is 1. The Kier molecular flexibility index (Phi) is 4.32. The van der Waals surface area contributed by atoms with E-state index < -0.39 is 17.6 Å². The van der Waals surface area contributed by atoms with Crippen LogP contribution in [0.5, 0.6) is 0 Å². The molecule has 1 aromatic carbocycles. The van der Waals surface area contributed by atoms with Gasteiger partial charge in [-0.05, 0) is 19.1 Å². The van der Waals surface area contributed by atoms with Crippen LogP contribution in [0.25, 0.3) is 0 Å². The van der Waals surface area contributed by atoms with Crippen LogP contribution in [0.15, 0.2) is 30.3 Å². The van der Waals surface area contributed by atoms with Gasteiger partial charge >= 0.3 is 0 Å². The molecule has 2 amide bonds. The average molecular weight is 290 g/mol. The Morgan fingerprint density at radius 3 is 2.67 bits per heavy atom. The van der Waals surface area contributed by atoms with Crippen molar-refractivity contribution in [3.05, 3.63) is 47.4 Å². The van der Waals surface area contributed by atoms with Gasteiger partial charge in [-0.25, -0.2) is 4.39 Å². The van der Waals surface area contributed by atoms with Gasteiger partial charge < -0.3 is 10.6 Å². The zero-order chi connectivity index (χ0) is 15.4. The lowest BCUT2D eigenvalue weighted by Crippen LogP contribution is -2.33. The first-order valence-corrected chi connectivity index (χ1v) is 6.30. The molecular weight excluding hydrogens is 275 g/mol. The zero-order valence-corrected chi connectivity index (χ0v) is 11.7. The highest BCUT2D eigenvalue weighted by molar-refractivity contribution is 5.99. The van der Waals surface area contributed by atoms with Gasteiger partial charge in [-0.2, -0.15) is 5.10 Å². The molecule has 0 fully saturated rings. The van der Waals surface area contributed by atoms with E-state index in [-0.39, 0.29) is 12.1 Å². The number of carbonyl (C=O) groups is 2. The molecular formula is C14H15FN4O2. The Hall–Kier alpha value is -2.70. The maximum atomic E-state index is 13.4. The smallest absolute Gasteiger partial charge is 0.254 e. The van der Waals surface area contributed by atoms with Crippen molar-refractivity contribution in [2.24, 2.45) is 7.05 Å². The molecule has 7 heteroatoms. The molecule has 0 aliphatic heterocycles. The number of carbonyl (C=O) groups excluding carboxylic acids is 2. The van der Waals surface area contributed by atoms with E-state index in [0.29, 0.717) is 5.82 Å². The van der Waals surface area contributed by atoms with E-state index in [0.717, 1.165) is 5.69 Å². The van der Waals surface area contributed by atoms with Crippen molar-refractivity contribution in [1.29, 1.82) is 0 Å². The molecule has 2 N–H and O–H groups in total. The highest BCUT2D eigenvalue weighted by Gasteiger charge is 2.12. The molecule has 0 spiro atoms. The Balaban J connectivity index is 1.91. The highest BCUT2D eigenvalue weighted by Crippen LogP contribution is 2.08. The minimum atomic E-state index is -0.635. The summed E-state index contributed by atoms with van der Waals surface area (Å²) in [4.78, 5) is 23.5. The van der Waals surface area contributed by atoms with Crippen molar-refractivity contribution in [2.75, 3.05) is 11.9 Å². The fraction of sp³-hybridized carbons (Fsp3) is 0.214. The number of nitrogens with one attached hydrogen (secondary N) is 2. The number of nitrogens with zero attached hydrogens (tertiary/aromatic N) is 2. The Labute approximate surface area is 121 Å². The number of aryl methyl sites for hydroxylation is 2. The Morgan fingerprint density at radius 1 is 1.33 bits per heavy atom. The van der Waals surface area contributed by atoms with Crippen LogP contribution in [0.1, 0.15) is 16.1 Å². The van der Waals surface area contributed by atoms with Crippen LogP contribution < -0.4 is 10.6 Å². The molecule has 0 aliphatic carbocycles. The number of amides is 2. The van der Waals surface area contributed by atoms with Crippen LogP contribution in [0.2, 0.25) is 0 Å². The zero-order valence-electron chi connectivity index (χ0n) is 11.7. The quantitative estimate of drug-likeness (QED) is 0.889. The van der Waals surface area contributed by atoms with Crippen molar-refractivity contribution in [3.63, 3.8) is 0 Å². The van der Waals surface area contributed by atoms with Gasteiger partial charge in [-0.15, -0.1) is 0 Å². The predicted molar refractivity (Wildman–Crippen MR) is 75.3 cm³/mol. The van der Waals surface area contributed by atoms with E-state index in [2.05, 4.69) is 15.7 Å². The van der Waals surface area contributed by atoms with Crippen LogP contribution in [-0.4, -0.2) is 28.1 Å². The summed E-state index contributed by atoms with van der Waals surface area (Å²) in [7, 11) is 1.69. The lowest BCUT2D eigenvalue weighted by atomic mass is 10.2. The average Bonchev–Trinajstić information content (AvgIpc) is 2.74. The minimum absolute atomic E-state index is 0.0957. The van der Waals surface area contributed by atoms with Crippen molar-refractivity contribution < 1.29 is 14.0 Å². The molecule has 6 nitrogen and oxygen atoms in total. The molecule has 0 radical (unpaired) electrons. The van der Waals surface area contributed by atoms with Gasteiger partial charge in [-0.3, -0.25) is 14.3 Å². The molecule has 0 aliphatic rings. The topological polar surface area (TPSA) is 76.0 Å². The third kappa shape index (κ3) is 3.65. The van der Waals surface area contributed by atoms with Crippen LogP contribution in [0, 0.1) is 12.7 Å². The third-order valence-electron chi connectivity index (χ3n) is 2.80. The molecule has 0 saturated carbocycles. The fourth-order valence-electron chi connectivity index (χ4n) is 1.82. The number of aromatic nitrogens is 2. The van der Waals surface area contributed by atoms with Crippen LogP contribution in [0.4, 0.5) is 10.2 Å². The molecule has 2 rings (SSSR count).